The van der Waals surface area contributed by atoms with Crippen molar-refractivity contribution in [3.8, 4) is 16.9 Å². The van der Waals surface area contributed by atoms with E-state index in [0.717, 1.165) is 66.9 Å². The number of hydrogen-bond donors (Lipinski definition) is 0. The van der Waals surface area contributed by atoms with Gasteiger partial charge in [0.15, 0.2) is 5.82 Å². The number of anilines is 1. The van der Waals surface area contributed by atoms with E-state index >= 15 is 0 Å². The van der Waals surface area contributed by atoms with Gasteiger partial charge in [-0.15, -0.1) is 26.3 Å². The summed E-state index contributed by atoms with van der Waals surface area (Å²) in [4.78, 5) is 19.2. The molecule has 1 fully saturated rings. The minimum atomic E-state index is -0.487. The lowest BCUT2D eigenvalue weighted by atomic mass is 10.0. The van der Waals surface area contributed by atoms with Crippen LogP contribution in [0.2, 0.25) is 0 Å². The smallest absolute Gasteiger partial charge is 0.227 e. The average Bonchev–Trinajstić information content (AvgIpc) is 3.74. The van der Waals surface area contributed by atoms with E-state index in [-0.39, 0.29) is 18.7 Å². The first-order valence-corrected chi connectivity index (χ1v) is 13.7. The minimum absolute atomic E-state index is 0.0440. The first-order valence-electron chi connectivity index (χ1n) is 13.7. The second kappa shape index (κ2) is 17.7. The third-order valence-electron chi connectivity index (χ3n) is 6.18. The van der Waals surface area contributed by atoms with Gasteiger partial charge in [-0.2, -0.15) is 4.98 Å². The molecule has 1 saturated carbocycles. The summed E-state index contributed by atoms with van der Waals surface area (Å²) < 4.78 is 23.7. The fourth-order valence-electron chi connectivity index (χ4n) is 4.11. The van der Waals surface area contributed by atoms with Crippen LogP contribution in [0.5, 0.6) is 5.75 Å². The van der Waals surface area contributed by atoms with Crippen LogP contribution in [0.1, 0.15) is 69.5 Å². The first kappa shape index (κ1) is 31.5. The number of aromatic nitrogens is 2. The van der Waals surface area contributed by atoms with E-state index in [4.69, 9.17) is 9.26 Å². The maximum absolute atomic E-state index is 12.9. The molecule has 1 aliphatic carbocycles. The lowest BCUT2D eigenvalue weighted by molar-refractivity contribution is -0.118. The summed E-state index contributed by atoms with van der Waals surface area (Å²) in [6.45, 7) is 14.7. The zero-order valence-corrected chi connectivity index (χ0v) is 23.2. The second-order valence-corrected chi connectivity index (χ2v) is 8.98. The number of halogens is 1. The highest BCUT2D eigenvalue weighted by Crippen LogP contribution is 2.38. The molecule has 0 bridgehead atoms. The van der Waals surface area contributed by atoms with Gasteiger partial charge in [0, 0.05) is 31.0 Å². The van der Waals surface area contributed by atoms with E-state index in [9.17, 15) is 9.18 Å². The van der Waals surface area contributed by atoms with Crippen LogP contribution in [0.25, 0.3) is 11.1 Å². The van der Waals surface area contributed by atoms with E-state index < -0.39 is 6.67 Å². The number of amides is 1. The molecule has 1 aromatic heterocycles. The van der Waals surface area contributed by atoms with Gasteiger partial charge in [0.25, 0.3) is 0 Å². The highest BCUT2D eigenvalue weighted by atomic mass is 19.1. The zero-order valence-electron chi connectivity index (χ0n) is 23.2. The van der Waals surface area contributed by atoms with Crippen LogP contribution in [0.15, 0.2) is 79.4 Å². The van der Waals surface area contributed by atoms with Crippen molar-refractivity contribution >= 4 is 11.6 Å². The molecule has 2 aromatic carbocycles. The number of benzene rings is 2. The summed E-state index contributed by atoms with van der Waals surface area (Å²) in [6, 6.07) is 15.9. The van der Waals surface area contributed by atoms with Crippen molar-refractivity contribution in [2.24, 2.45) is 0 Å². The number of alkyl halides is 1. The Morgan fingerprint density at radius 1 is 1.03 bits per heavy atom. The molecule has 1 heterocycles. The standard InChI is InChI=1S/C28H34FN3O3.2C2H4/c1-2-34-25-16-14-21(15-17-25)23-8-6-9-24(20-23)32(27(33)11-7-18-29)19-5-3-4-10-26-30-28(31-35-26)22-12-13-22;2*1-2/h6,8-9,14-17,20,22H,2-5,7,10-13,18-19H2,1H3;2*1-2H2. The number of nitrogens with zero attached hydrogens (tertiary/aromatic N) is 3. The van der Waals surface area contributed by atoms with Crippen LogP contribution >= 0.6 is 0 Å². The Morgan fingerprint density at radius 2 is 1.77 bits per heavy atom. The van der Waals surface area contributed by atoms with E-state index in [0.29, 0.717) is 25.0 Å². The monoisotopic (exact) mass is 535 g/mol. The Hall–Kier alpha value is -3.74. The summed E-state index contributed by atoms with van der Waals surface area (Å²) in [6.07, 6.45) is 6.22. The highest BCUT2D eigenvalue weighted by molar-refractivity contribution is 5.94. The molecule has 0 N–H and O–H groups in total. The Morgan fingerprint density at radius 3 is 2.44 bits per heavy atom. The number of carbonyl (C=O) groups excluding carboxylic acids is 1. The molecule has 3 aromatic rings. The normalized spacial score (nSPS) is 11.9. The fraction of sp³-hybridized carbons (Fsp3) is 0.406. The molecule has 1 aliphatic rings. The predicted octanol–water partition coefficient (Wildman–Crippen LogP) is 8.11. The van der Waals surface area contributed by atoms with E-state index in [1.54, 1.807) is 4.90 Å². The SMILES string of the molecule is C=C.C=C.CCOc1ccc(-c2cccc(N(CCCCCc3nc(C4CC4)no3)C(=O)CCCF)c2)cc1. The molecule has 7 heteroatoms. The van der Waals surface area contributed by atoms with Gasteiger partial charge in [-0.25, -0.2) is 0 Å². The minimum Gasteiger partial charge on any atom is -0.494 e. The van der Waals surface area contributed by atoms with Gasteiger partial charge < -0.3 is 14.2 Å². The summed E-state index contributed by atoms with van der Waals surface area (Å²) in [7, 11) is 0. The van der Waals surface area contributed by atoms with Gasteiger partial charge >= 0.3 is 0 Å². The Kier molecular flexibility index (Phi) is 14.3. The van der Waals surface area contributed by atoms with Crippen LogP contribution in [0.3, 0.4) is 0 Å². The van der Waals surface area contributed by atoms with E-state index in [2.05, 4.69) is 36.5 Å². The zero-order chi connectivity index (χ0) is 28.5. The number of rotatable bonds is 14. The second-order valence-electron chi connectivity index (χ2n) is 8.98. The van der Waals surface area contributed by atoms with Gasteiger partial charge in [0.05, 0.1) is 13.3 Å². The molecule has 0 atom stereocenters. The number of carbonyl (C=O) groups is 1. The van der Waals surface area contributed by atoms with Crippen molar-refractivity contribution in [1.29, 1.82) is 0 Å². The van der Waals surface area contributed by atoms with Crippen LogP contribution < -0.4 is 9.64 Å². The highest BCUT2D eigenvalue weighted by Gasteiger charge is 2.28. The number of unbranched alkanes of at least 4 members (excludes halogenated alkanes) is 2. The Labute approximate surface area is 232 Å². The van der Waals surface area contributed by atoms with Gasteiger partial charge in [-0.1, -0.05) is 35.8 Å². The summed E-state index contributed by atoms with van der Waals surface area (Å²) >= 11 is 0. The van der Waals surface area contributed by atoms with Crippen molar-refractivity contribution in [3.63, 3.8) is 0 Å². The number of aryl methyl sites for hydroxylation is 1. The lowest BCUT2D eigenvalue weighted by Gasteiger charge is -2.23. The summed E-state index contributed by atoms with van der Waals surface area (Å²) in [5.41, 5.74) is 2.92. The molecule has 1 amide bonds. The maximum Gasteiger partial charge on any atom is 0.227 e. The van der Waals surface area contributed by atoms with Crippen molar-refractivity contribution in [1.82, 2.24) is 10.1 Å². The first-order chi connectivity index (χ1) is 19.2. The molecular formula is C32H42FN3O3. The van der Waals surface area contributed by atoms with Crippen molar-refractivity contribution in [2.75, 3.05) is 24.7 Å². The molecule has 210 valence electrons. The maximum atomic E-state index is 12.9. The largest absolute Gasteiger partial charge is 0.494 e. The fourth-order valence-corrected chi connectivity index (χ4v) is 4.11. The average molecular weight is 536 g/mol. The molecular weight excluding hydrogens is 493 g/mol. The lowest BCUT2D eigenvalue weighted by Crippen LogP contribution is -2.31. The molecule has 6 nitrogen and oxygen atoms in total. The van der Waals surface area contributed by atoms with Crippen molar-refractivity contribution in [2.45, 2.75) is 64.2 Å². The molecule has 4 rings (SSSR count). The number of hydrogen-bond acceptors (Lipinski definition) is 5. The van der Waals surface area contributed by atoms with Crippen LogP contribution in [-0.4, -0.2) is 35.9 Å². The molecule has 39 heavy (non-hydrogen) atoms. The Balaban J connectivity index is 0.00000127. The topological polar surface area (TPSA) is 68.5 Å². The molecule has 0 spiro atoms. The van der Waals surface area contributed by atoms with Crippen LogP contribution in [-0.2, 0) is 11.2 Å². The summed E-state index contributed by atoms with van der Waals surface area (Å²) in [5, 5.41) is 4.07. The Bertz CT molecular complexity index is 1110. The van der Waals surface area contributed by atoms with Crippen molar-refractivity contribution < 1.29 is 18.4 Å². The third-order valence-corrected chi connectivity index (χ3v) is 6.18. The van der Waals surface area contributed by atoms with Crippen LogP contribution in [0, 0.1) is 0 Å². The van der Waals surface area contributed by atoms with Gasteiger partial charge in [0.2, 0.25) is 11.8 Å². The summed E-state index contributed by atoms with van der Waals surface area (Å²) in [5.74, 6) is 2.83. The quantitative estimate of drug-likeness (QED) is 0.154. The molecule has 0 saturated heterocycles. The third kappa shape index (κ3) is 10.2. The molecule has 0 aliphatic heterocycles. The van der Waals surface area contributed by atoms with Gasteiger partial charge in [-0.05, 0) is 74.4 Å². The molecule has 0 unspecified atom stereocenters. The van der Waals surface area contributed by atoms with Crippen LogP contribution in [0.4, 0.5) is 10.1 Å². The van der Waals surface area contributed by atoms with E-state index in [1.807, 2.05) is 55.5 Å². The predicted molar refractivity (Wildman–Crippen MR) is 157 cm³/mol. The van der Waals surface area contributed by atoms with E-state index in [1.165, 1.54) is 0 Å². The van der Waals surface area contributed by atoms with Crippen molar-refractivity contribution in [3.05, 3.63) is 86.6 Å². The number of ether oxygens (including phenoxy) is 1. The van der Waals surface area contributed by atoms with Gasteiger partial charge in [-0.3, -0.25) is 9.18 Å². The van der Waals surface area contributed by atoms with Gasteiger partial charge in [0.1, 0.15) is 5.75 Å². The molecule has 0 radical (unpaired) electrons.